The molecule has 3 aromatic rings. The number of H-pyrrole nitrogens is 1. The van der Waals surface area contributed by atoms with Crippen molar-refractivity contribution in [3.63, 3.8) is 0 Å². The lowest BCUT2D eigenvalue weighted by Gasteiger charge is -2.37. The van der Waals surface area contributed by atoms with Gasteiger partial charge in [-0.1, -0.05) is 13.8 Å². The van der Waals surface area contributed by atoms with Gasteiger partial charge in [0.2, 0.25) is 11.9 Å². The van der Waals surface area contributed by atoms with E-state index in [9.17, 15) is 4.79 Å². The lowest BCUT2D eigenvalue weighted by Crippen LogP contribution is -2.48. The van der Waals surface area contributed by atoms with E-state index >= 15 is 0 Å². The number of hydrogen-bond acceptors (Lipinski definition) is 4. The van der Waals surface area contributed by atoms with Crippen LogP contribution in [0.5, 0.6) is 0 Å². The van der Waals surface area contributed by atoms with E-state index in [1.807, 2.05) is 17.2 Å². The molecule has 1 N–H and O–H groups in total. The van der Waals surface area contributed by atoms with Gasteiger partial charge in [0.1, 0.15) is 0 Å². The quantitative estimate of drug-likeness (QED) is 0.649. The van der Waals surface area contributed by atoms with Crippen LogP contribution in [0, 0.1) is 11.8 Å². The highest BCUT2D eigenvalue weighted by Gasteiger charge is 2.33. The van der Waals surface area contributed by atoms with Gasteiger partial charge in [0.15, 0.2) is 0 Å². The van der Waals surface area contributed by atoms with Gasteiger partial charge in [-0.15, -0.1) is 0 Å². The SMILES string of the molecule is CC(C)CC(C)N(C(=O)C1CCCN(c2ncccn2)C1)c1ccc2[nH]ccc2c1. The third-order valence-electron chi connectivity index (χ3n) is 5.91. The second kappa shape index (κ2) is 8.86. The second-order valence-electron chi connectivity index (χ2n) is 8.77. The van der Waals surface area contributed by atoms with E-state index in [0.717, 1.165) is 42.4 Å². The van der Waals surface area contributed by atoms with Crippen molar-refractivity contribution in [2.45, 2.75) is 46.1 Å². The predicted molar refractivity (Wildman–Crippen MR) is 122 cm³/mol. The summed E-state index contributed by atoms with van der Waals surface area (Å²) in [4.78, 5) is 30.0. The first-order valence-electron chi connectivity index (χ1n) is 10.9. The molecule has 1 amide bonds. The van der Waals surface area contributed by atoms with E-state index in [-0.39, 0.29) is 17.9 Å². The second-order valence-corrected chi connectivity index (χ2v) is 8.77. The number of nitrogens with zero attached hydrogens (tertiary/aromatic N) is 4. The number of anilines is 2. The number of aromatic nitrogens is 3. The molecule has 0 aliphatic carbocycles. The Morgan fingerprint density at radius 3 is 2.80 bits per heavy atom. The zero-order chi connectivity index (χ0) is 21.1. The molecule has 0 spiro atoms. The molecule has 0 bridgehead atoms. The zero-order valence-corrected chi connectivity index (χ0v) is 18.1. The highest BCUT2D eigenvalue weighted by molar-refractivity contribution is 5.98. The molecule has 2 unspecified atom stereocenters. The number of carbonyl (C=O) groups is 1. The van der Waals surface area contributed by atoms with E-state index < -0.39 is 0 Å². The third-order valence-corrected chi connectivity index (χ3v) is 5.91. The lowest BCUT2D eigenvalue weighted by molar-refractivity contribution is -0.123. The maximum Gasteiger partial charge on any atom is 0.232 e. The Morgan fingerprint density at radius 2 is 2.03 bits per heavy atom. The minimum atomic E-state index is -0.0564. The first kappa shape index (κ1) is 20.4. The van der Waals surface area contributed by atoms with Crippen LogP contribution < -0.4 is 9.80 Å². The van der Waals surface area contributed by atoms with Gasteiger partial charge in [0.05, 0.1) is 5.92 Å². The fourth-order valence-electron chi connectivity index (χ4n) is 4.59. The fraction of sp³-hybridized carbons (Fsp3) is 0.458. The third kappa shape index (κ3) is 4.32. The summed E-state index contributed by atoms with van der Waals surface area (Å²) in [6.45, 7) is 8.15. The van der Waals surface area contributed by atoms with Crippen molar-refractivity contribution in [2.24, 2.45) is 11.8 Å². The van der Waals surface area contributed by atoms with Crippen molar-refractivity contribution >= 4 is 28.4 Å². The van der Waals surface area contributed by atoms with Crippen molar-refractivity contribution in [1.29, 1.82) is 0 Å². The standard InChI is InChI=1S/C24H31N5O/c1-17(2)14-18(3)29(21-7-8-22-19(15-21)9-12-25-22)23(30)20-6-4-13-28(16-20)24-26-10-5-11-27-24/h5,7-12,15,17-18,20,25H,4,6,13-14,16H2,1-3H3. The summed E-state index contributed by atoms with van der Waals surface area (Å²) in [7, 11) is 0. The van der Waals surface area contributed by atoms with Crippen molar-refractivity contribution < 1.29 is 4.79 Å². The van der Waals surface area contributed by atoms with Crippen LogP contribution in [0.15, 0.2) is 48.9 Å². The molecule has 2 aromatic heterocycles. The molecule has 1 aliphatic rings. The van der Waals surface area contributed by atoms with Crippen molar-refractivity contribution in [1.82, 2.24) is 15.0 Å². The van der Waals surface area contributed by atoms with Crippen LogP contribution in [0.1, 0.15) is 40.0 Å². The van der Waals surface area contributed by atoms with Crippen LogP contribution in [-0.4, -0.2) is 40.0 Å². The fourth-order valence-corrected chi connectivity index (χ4v) is 4.59. The molecule has 1 aromatic carbocycles. The minimum Gasteiger partial charge on any atom is -0.361 e. The Morgan fingerprint density at radius 1 is 1.23 bits per heavy atom. The summed E-state index contributed by atoms with van der Waals surface area (Å²) in [5, 5.41) is 1.13. The van der Waals surface area contributed by atoms with E-state index in [1.54, 1.807) is 12.4 Å². The molecule has 1 fully saturated rings. The lowest BCUT2D eigenvalue weighted by atomic mass is 9.94. The van der Waals surface area contributed by atoms with Gasteiger partial charge in [0.25, 0.3) is 0 Å². The first-order valence-corrected chi connectivity index (χ1v) is 10.9. The molecule has 30 heavy (non-hydrogen) atoms. The normalized spacial score (nSPS) is 18.0. The molecular formula is C24H31N5O. The number of amides is 1. The van der Waals surface area contributed by atoms with Crippen molar-refractivity contribution in [3.8, 4) is 0 Å². The van der Waals surface area contributed by atoms with Gasteiger partial charge >= 0.3 is 0 Å². The Labute approximate surface area is 178 Å². The highest BCUT2D eigenvalue weighted by atomic mass is 16.2. The predicted octanol–water partition coefficient (Wildman–Crippen LogP) is 4.64. The molecule has 0 radical (unpaired) electrons. The molecule has 4 rings (SSSR count). The molecule has 2 atom stereocenters. The molecule has 0 saturated carbocycles. The van der Waals surface area contributed by atoms with Gasteiger partial charge in [0, 0.05) is 54.3 Å². The molecular weight excluding hydrogens is 374 g/mol. The summed E-state index contributed by atoms with van der Waals surface area (Å²) in [5.74, 6) is 1.38. The monoisotopic (exact) mass is 405 g/mol. The first-order chi connectivity index (χ1) is 14.5. The maximum absolute atomic E-state index is 13.8. The summed E-state index contributed by atoms with van der Waals surface area (Å²) in [5.41, 5.74) is 2.07. The molecule has 6 nitrogen and oxygen atoms in total. The largest absolute Gasteiger partial charge is 0.361 e. The molecule has 1 aliphatic heterocycles. The van der Waals surface area contributed by atoms with E-state index in [2.05, 4.69) is 64.9 Å². The Hall–Kier alpha value is -2.89. The Balaban J connectivity index is 1.61. The Kier molecular flexibility index (Phi) is 6.02. The number of nitrogens with one attached hydrogen (secondary N) is 1. The number of aromatic amines is 1. The van der Waals surface area contributed by atoms with Crippen LogP contribution in [0.2, 0.25) is 0 Å². The van der Waals surface area contributed by atoms with Crippen LogP contribution in [-0.2, 0) is 4.79 Å². The van der Waals surface area contributed by atoms with Crippen LogP contribution in [0.4, 0.5) is 11.6 Å². The van der Waals surface area contributed by atoms with Gasteiger partial charge in [-0.3, -0.25) is 4.79 Å². The Bertz CT molecular complexity index is 983. The van der Waals surface area contributed by atoms with Crippen molar-refractivity contribution in [3.05, 3.63) is 48.9 Å². The topological polar surface area (TPSA) is 65.1 Å². The van der Waals surface area contributed by atoms with Crippen molar-refractivity contribution in [2.75, 3.05) is 22.9 Å². The van der Waals surface area contributed by atoms with Crippen LogP contribution in [0.25, 0.3) is 10.9 Å². The summed E-state index contributed by atoms with van der Waals surface area (Å²) in [6, 6.07) is 10.3. The summed E-state index contributed by atoms with van der Waals surface area (Å²) in [6.07, 6.45) is 8.30. The average molecular weight is 406 g/mol. The number of piperidine rings is 1. The van der Waals surface area contributed by atoms with E-state index in [4.69, 9.17) is 0 Å². The van der Waals surface area contributed by atoms with Gasteiger partial charge < -0.3 is 14.8 Å². The summed E-state index contributed by atoms with van der Waals surface area (Å²) >= 11 is 0. The molecule has 6 heteroatoms. The van der Waals surface area contributed by atoms with Gasteiger partial charge in [-0.2, -0.15) is 0 Å². The molecule has 158 valence electrons. The number of carbonyl (C=O) groups excluding carboxylic acids is 1. The van der Waals surface area contributed by atoms with Gasteiger partial charge in [-0.25, -0.2) is 9.97 Å². The smallest absolute Gasteiger partial charge is 0.232 e. The van der Waals surface area contributed by atoms with Crippen LogP contribution >= 0.6 is 0 Å². The minimum absolute atomic E-state index is 0.0564. The molecule has 1 saturated heterocycles. The average Bonchev–Trinajstić information content (AvgIpc) is 3.22. The van der Waals surface area contributed by atoms with E-state index in [1.165, 1.54) is 0 Å². The van der Waals surface area contributed by atoms with E-state index in [0.29, 0.717) is 18.4 Å². The zero-order valence-electron chi connectivity index (χ0n) is 18.1. The number of benzene rings is 1. The van der Waals surface area contributed by atoms with Crippen LogP contribution in [0.3, 0.4) is 0 Å². The highest BCUT2D eigenvalue weighted by Crippen LogP contribution is 2.29. The molecule has 3 heterocycles. The van der Waals surface area contributed by atoms with Gasteiger partial charge in [-0.05, 0) is 62.4 Å². The summed E-state index contributed by atoms with van der Waals surface area (Å²) < 4.78 is 0. The maximum atomic E-state index is 13.8. The number of hydrogen-bond donors (Lipinski definition) is 1. The number of fused-ring (bicyclic) bond motifs is 1. The number of rotatable bonds is 6.